The van der Waals surface area contributed by atoms with Gasteiger partial charge in [0.25, 0.3) is 5.69 Å². The highest BCUT2D eigenvalue weighted by Crippen LogP contribution is 2.15. The van der Waals surface area contributed by atoms with Crippen molar-refractivity contribution in [2.45, 2.75) is 13.0 Å². The Morgan fingerprint density at radius 3 is 2.07 bits per heavy atom. The lowest BCUT2D eigenvalue weighted by Gasteiger charge is -2.03. The lowest BCUT2D eigenvalue weighted by Crippen LogP contribution is -2.37. The largest absolute Gasteiger partial charge is 0.497 e. The van der Waals surface area contributed by atoms with Crippen LogP contribution in [-0.2, 0) is 13.0 Å². The summed E-state index contributed by atoms with van der Waals surface area (Å²) in [5.74, 6) is 0.737. The highest BCUT2D eigenvalue weighted by Gasteiger charge is 2.12. The third kappa shape index (κ3) is 5.47. The minimum absolute atomic E-state index is 0. The molecule has 6 nitrogen and oxygen atoms in total. The number of rotatable bonds is 7. The fourth-order valence-electron chi connectivity index (χ4n) is 2.72. The molecule has 0 saturated carbocycles. The zero-order valence-electron chi connectivity index (χ0n) is 15.3. The fourth-order valence-corrected chi connectivity index (χ4v) is 2.72. The Labute approximate surface area is 173 Å². The van der Waals surface area contributed by atoms with Gasteiger partial charge in [0, 0.05) is 29.8 Å². The molecule has 0 unspecified atom stereocenters. The lowest BCUT2D eigenvalue weighted by molar-refractivity contribution is -0.683. The minimum Gasteiger partial charge on any atom is -0.497 e. The molecular weight excluding hydrogens is 424 g/mol. The van der Waals surface area contributed by atoms with Crippen molar-refractivity contribution in [3.05, 3.63) is 99.9 Å². The number of halogens is 1. The molecule has 0 atom stereocenters. The van der Waals surface area contributed by atoms with Crippen LogP contribution in [0.1, 0.15) is 21.5 Å². The Kier molecular flexibility index (Phi) is 7.40. The molecule has 3 rings (SSSR count). The maximum absolute atomic E-state index is 12.4. The standard InChI is InChI=1S/C21H19N2O4.BrH/c1-27-20-8-4-18(5-9-20)21(24)15-22-12-10-17(11-13-22)14-16-2-6-19(7-3-16)23(25)26;/h2-13H,14-15H2,1H3;1H/q+1;. The zero-order chi connectivity index (χ0) is 19.2. The Morgan fingerprint density at radius 1 is 0.964 bits per heavy atom. The summed E-state index contributed by atoms with van der Waals surface area (Å²) in [4.78, 5) is 22.7. The highest BCUT2D eigenvalue weighted by molar-refractivity contribution is 8.93. The molecular formula is C21H20BrN2O4+. The van der Waals surface area contributed by atoms with Crippen LogP contribution < -0.4 is 9.30 Å². The Hall–Kier alpha value is -3.06. The molecule has 0 N–H and O–H groups in total. The van der Waals surface area contributed by atoms with Gasteiger partial charge in [0.1, 0.15) is 5.75 Å². The van der Waals surface area contributed by atoms with Crippen molar-refractivity contribution in [1.82, 2.24) is 0 Å². The van der Waals surface area contributed by atoms with Crippen LogP contribution in [-0.4, -0.2) is 17.8 Å². The van der Waals surface area contributed by atoms with E-state index in [1.165, 1.54) is 12.1 Å². The number of aromatic nitrogens is 1. The van der Waals surface area contributed by atoms with E-state index in [0.29, 0.717) is 12.0 Å². The van der Waals surface area contributed by atoms with E-state index in [1.54, 1.807) is 43.5 Å². The molecule has 0 fully saturated rings. The number of nitro groups is 1. The predicted molar refractivity (Wildman–Crippen MR) is 110 cm³/mol. The molecule has 1 aromatic heterocycles. The summed E-state index contributed by atoms with van der Waals surface area (Å²) in [5.41, 5.74) is 2.78. The Bertz CT molecular complexity index is 940. The first kappa shape index (κ1) is 21.2. The number of carbonyl (C=O) groups excluding carboxylic acids is 1. The van der Waals surface area contributed by atoms with E-state index < -0.39 is 4.92 Å². The SMILES string of the molecule is Br.COc1ccc(C(=O)C[n+]2ccc(Cc3ccc([N+](=O)[O-])cc3)cc2)cc1. The van der Waals surface area contributed by atoms with E-state index in [4.69, 9.17) is 4.74 Å². The molecule has 144 valence electrons. The summed E-state index contributed by atoms with van der Waals surface area (Å²) >= 11 is 0. The molecule has 0 saturated heterocycles. The average Bonchev–Trinajstić information content (AvgIpc) is 2.70. The third-order valence-corrected chi connectivity index (χ3v) is 4.25. The van der Waals surface area contributed by atoms with Gasteiger partial charge in [-0.05, 0) is 41.8 Å². The van der Waals surface area contributed by atoms with E-state index >= 15 is 0 Å². The van der Waals surface area contributed by atoms with Gasteiger partial charge in [-0.3, -0.25) is 14.9 Å². The van der Waals surface area contributed by atoms with Crippen molar-refractivity contribution in [2.24, 2.45) is 0 Å². The predicted octanol–water partition coefficient (Wildman–Crippen LogP) is 3.94. The molecule has 0 aliphatic heterocycles. The number of nitrogens with zero attached hydrogens (tertiary/aromatic N) is 2. The molecule has 2 aromatic carbocycles. The number of ether oxygens (including phenoxy) is 1. The van der Waals surface area contributed by atoms with Crippen molar-refractivity contribution >= 4 is 28.5 Å². The fraction of sp³-hybridized carbons (Fsp3) is 0.143. The summed E-state index contributed by atoms with van der Waals surface area (Å²) in [6.45, 7) is 0.254. The maximum atomic E-state index is 12.4. The summed E-state index contributed by atoms with van der Waals surface area (Å²) < 4.78 is 6.92. The number of carbonyl (C=O) groups is 1. The molecule has 3 aromatic rings. The summed E-state index contributed by atoms with van der Waals surface area (Å²) in [5, 5.41) is 10.7. The van der Waals surface area contributed by atoms with E-state index in [2.05, 4.69) is 0 Å². The van der Waals surface area contributed by atoms with E-state index in [0.717, 1.165) is 16.9 Å². The number of benzene rings is 2. The smallest absolute Gasteiger partial charge is 0.269 e. The van der Waals surface area contributed by atoms with Crippen molar-refractivity contribution in [3.8, 4) is 5.75 Å². The van der Waals surface area contributed by atoms with E-state index in [1.807, 2.05) is 29.1 Å². The molecule has 0 aliphatic carbocycles. The van der Waals surface area contributed by atoms with E-state index in [9.17, 15) is 14.9 Å². The monoisotopic (exact) mass is 443 g/mol. The normalized spacial score (nSPS) is 10.0. The number of ketones is 1. The number of pyridine rings is 1. The molecule has 1 heterocycles. The van der Waals surface area contributed by atoms with Gasteiger partial charge in [-0.15, -0.1) is 17.0 Å². The molecule has 0 amide bonds. The summed E-state index contributed by atoms with van der Waals surface area (Å²) in [6, 6.07) is 17.5. The summed E-state index contributed by atoms with van der Waals surface area (Å²) in [7, 11) is 1.59. The summed E-state index contributed by atoms with van der Waals surface area (Å²) in [6.07, 6.45) is 4.40. The second-order valence-corrected chi connectivity index (χ2v) is 6.13. The van der Waals surface area contributed by atoms with Crippen molar-refractivity contribution in [3.63, 3.8) is 0 Å². The first-order chi connectivity index (χ1) is 13.0. The number of methoxy groups -OCH3 is 1. The second kappa shape index (κ2) is 9.75. The number of hydrogen-bond acceptors (Lipinski definition) is 4. The minimum atomic E-state index is -0.408. The van der Waals surface area contributed by atoms with Crippen molar-refractivity contribution < 1.29 is 19.0 Å². The average molecular weight is 444 g/mol. The van der Waals surface area contributed by atoms with Crippen LogP contribution in [0.25, 0.3) is 0 Å². The number of Topliss-reactive ketones (excluding diaryl/α,β-unsaturated/α-hetero) is 1. The maximum Gasteiger partial charge on any atom is 0.269 e. The first-order valence-electron chi connectivity index (χ1n) is 8.44. The number of hydrogen-bond donors (Lipinski definition) is 0. The number of non-ortho nitro benzene ring substituents is 1. The van der Waals surface area contributed by atoms with Crippen molar-refractivity contribution in [1.29, 1.82) is 0 Å². The quantitative estimate of drug-likeness (QED) is 0.240. The Morgan fingerprint density at radius 2 is 1.54 bits per heavy atom. The lowest BCUT2D eigenvalue weighted by atomic mass is 10.1. The van der Waals surface area contributed by atoms with Crippen molar-refractivity contribution in [2.75, 3.05) is 7.11 Å². The molecule has 0 aliphatic rings. The third-order valence-electron chi connectivity index (χ3n) is 4.25. The van der Waals surface area contributed by atoms with Gasteiger partial charge < -0.3 is 4.74 Å². The van der Waals surface area contributed by atoms with E-state index in [-0.39, 0.29) is 35.0 Å². The van der Waals surface area contributed by atoms with Gasteiger partial charge >= 0.3 is 0 Å². The molecule has 28 heavy (non-hydrogen) atoms. The van der Waals surface area contributed by atoms with Crippen LogP contribution in [0.15, 0.2) is 73.1 Å². The Balaban J connectivity index is 0.00000280. The van der Waals surface area contributed by atoms with Gasteiger partial charge in [0.2, 0.25) is 12.3 Å². The molecule has 7 heteroatoms. The van der Waals surface area contributed by atoms with Crippen LogP contribution in [0, 0.1) is 10.1 Å². The molecule has 0 spiro atoms. The van der Waals surface area contributed by atoms with Gasteiger partial charge in [-0.25, -0.2) is 0 Å². The van der Waals surface area contributed by atoms with Gasteiger partial charge in [0.05, 0.1) is 12.0 Å². The van der Waals surface area contributed by atoms with Gasteiger partial charge in [-0.1, -0.05) is 12.1 Å². The van der Waals surface area contributed by atoms with Gasteiger partial charge in [0.15, 0.2) is 12.4 Å². The molecule has 0 radical (unpaired) electrons. The number of nitro benzene ring substituents is 1. The topological polar surface area (TPSA) is 73.3 Å². The zero-order valence-corrected chi connectivity index (χ0v) is 17.0. The van der Waals surface area contributed by atoms with Crippen LogP contribution in [0.2, 0.25) is 0 Å². The molecule has 0 bridgehead atoms. The van der Waals surface area contributed by atoms with Crippen LogP contribution >= 0.6 is 17.0 Å². The van der Waals surface area contributed by atoms with Crippen LogP contribution in [0.4, 0.5) is 5.69 Å². The highest BCUT2D eigenvalue weighted by atomic mass is 79.9. The second-order valence-electron chi connectivity index (χ2n) is 6.13. The van der Waals surface area contributed by atoms with Crippen LogP contribution in [0.5, 0.6) is 5.75 Å². The first-order valence-corrected chi connectivity index (χ1v) is 8.44. The van der Waals surface area contributed by atoms with Gasteiger partial charge in [-0.2, -0.15) is 4.57 Å². The van der Waals surface area contributed by atoms with Crippen LogP contribution in [0.3, 0.4) is 0 Å².